The van der Waals surface area contributed by atoms with E-state index in [0.29, 0.717) is 5.92 Å². The number of thioether (sulfide) groups is 1. The monoisotopic (exact) mass is 370 g/mol. The Hall–Kier alpha value is -0.480. The molecule has 116 valence electrons. The third kappa shape index (κ3) is 4.49. The first kappa shape index (κ1) is 16.9. The van der Waals surface area contributed by atoms with E-state index < -0.39 is 5.97 Å². The van der Waals surface area contributed by atoms with Crippen molar-refractivity contribution in [1.82, 2.24) is 0 Å². The SMILES string of the molecule is CC(C)(C)C1CCC(C(=O)O)C(Sc2cccc(Br)c2)C1. The molecule has 4 heteroatoms. The Kier molecular flexibility index (Phi) is 5.42. The summed E-state index contributed by atoms with van der Waals surface area (Å²) in [4.78, 5) is 12.7. The Labute approximate surface area is 139 Å². The van der Waals surface area contributed by atoms with Crippen LogP contribution in [0.3, 0.4) is 0 Å². The quantitative estimate of drug-likeness (QED) is 0.767. The van der Waals surface area contributed by atoms with E-state index in [2.05, 4.69) is 48.8 Å². The van der Waals surface area contributed by atoms with Crippen molar-refractivity contribution in [3.8, 4) is 0 Å². The van der Waals surface area contributed by atoms with Gasteiger partial charge in [-0.25, -0.2) is 0 Å². The predicted octanol–water partition coefficient (Wildman–Crippen LogP) is 5.46. The molecular formula is C17H23BrO2S. The van der Waals surface area contributed by atoms with E-state index in [-0.39, 0.29) is 16.6 Å². The zero-order valence-electron chi connectivity index (χ0n) is 12.8. The topological polar surface area (TPSA) is 37.3 Å². The fourth-order valence-electron chi connectivity index (χ4n) is 3.04. The molecule has 0 radical (unpaired) electrons. The number of halogens is 1. The van der Waals surface area contributed by atoms with Crippen LogP contribution in [0.2, 0.25) is 0 Å². The highest BCUT2D eigenvalue weighted by atomic mass is 79.9. The first-order chi connectivity index (χ1) is 9.77. The molecule has 0 aliphatic heterocycles. The van der Waals surface area contributed by atoms with Crippen molar-refractivity contribution in [2.24, 2.45) is 17.3 Å². The molecule has 3 unspecified atom stereocenters. The van der Waals surface area contributed by atoms with Crippen molar-refractivity contribution in [1.29, 1.82) is 0 Å². The minimum atomic E-state index is -0.644. The molecule has 0 heterocycles. The van der Waals surface area contributed by atoms with Gasteiger partial charge in [0.2, 0.25) is 0 Å². The van der Waals surface area contributed by atoms with Gasteiger partial charge in [-0.1, -0.05) is 42.8 Å². The molecule has 0 spiro atoms. The summed E-state index contributed by atoms with van der Waals surface area (Å²) >= 11 is 5.21. The zero-order valence-corrected chi connectivity index (χ0v) is 15.2. The Morgan fingerprint density at radius 1 is 1.33 bits per heavy atom. The van der Waals surface area contributed by atoms with Crippen LogP contribution < -0.4 is 0 Å². The standard InChI is InChI=1S/C17H23BrO2S/c1-17(2,3)11-7-8-14(16(19)20)15(9-11)21-13-6-4-5-12(18)10-13/h4-6,10-11,14-15H,7-9H2,1-3H3,(H,19,20). The molecule has 1 aliphatic rings. The summed E-state index contributed by atoms with van der Waals surface area (Å²) in [6.45, 7) is 6.79. The molecule has 2 rings (SSSR count). The first-order valence-corrected chi connectivity index (χ1v) is 9.09. The molecule has 0 amide bonds. The number of rotatable bonds is 3. The molecule has 1 fully saturated rings. The van der Waals surface area contributed by atoms with Crippen LogP contribution in [-0.2, 0) is 4.79 Å². The highest BCUT2D eigenvalue weighted by Gasteiger charge is 2.39. The van der Waals surface area contributed by atoms with Crippen LogP contribution in [0.25, 0.3) is 0 Å². The highest BCUT2D eigenvalue weighted by Crippen LogP contribution is 2.46. The maximum absolute atomic E-state index is 11.6. The van der Waals surface area contributed by atoms with Crippen molar-refractivity contribution in [3.05, 3.63) is 28.7 Å². The molecule has 1 N–H and O–H groups in total. The number of carboxylic acids is 1. The smallest absolute Gasteiger partial charge is 0.307 e. The van der Waals surface area contributed by atoms with Crippen molar-refractivity contribution < 1.29 is 9.90 Å². The fourth-order valence-corrected chi connectivity index (χ4v) is 5.04. The first-order valence-electron chi connectivity index (χ1n) is 7.42. The van der Waals surface area contributed by atoms with Gasteiger partial charge >= 0.3 is 5.97 Å². The Bertz CT molecular complexity index is 510. The van der Waals surface area contributed by atoms with E-state index in [0.717, 1.165) is 28.6 Å². The second kappa shape index (κ2) is 6.74. The minimum Gasteiger partial charge on any atom is -0.481 e. The van der Waals surface area contributed by atoms with Gasteiger partial charge in [0.25, 0.3) is 0 Å². The molecule has 1 saturated carbocycles. The largest absolute Gasteiger partial charge is 0.481 e. The molecule has 1 aromatic carbocycles. The van der Waals surface area contributed by atoms with Gasteiger partial charge in [-0.15, -0.1) is 11.8 Å². The van der Waals surface area contributed by atoms with Gasteiger partial charge in [0.15, 0.2) is 0 Å². The molecule has 0 bridgehead atoms. The van der Waals surface area contributed by atoms with Crippen LogP contribution in [0.15, 0.2) is 33.6 Å². The summed E-state index contributed by atoms with van der Waals surface area (Å²) in [5, 5.41) is 9.67. The van der Waals surface area contributed by atoms with E-state index in [1.165, 1.54) is 0 Å². The van der Waals surface area contributed by atoms with Crippen molar-refractivity contribution in [3.63, 3.8) is 0 Å². The average Bonchev–Trinajstić information content (AvgIpc) is 2.37. The van der Waals surface area contributed by atoms with Gasteiger partial charge in [-0.05, 0) is 48.8 Å². The number of carboxylic acid groups (broad SMARTS) is 1. The second-order valence-corrected chi connectivity index (χ2v) is 9.16. The highest BCUT2D eigenvalue weighted by molar-refractivity contribution is 9.10. The second-order valence-electron chi connectivity index (χ2n) is 6.93. The normalized spacial score (nSPS) is 26.6. The molecule has 2 nitrogen and oxygen atoms in total. The van der Waals surface area contributed by atoms with Gasteiger partial charge in [0, 0.05) is 14.6 Å². The summed E-state index contributed by atoms with van der Waals surface area (Å²) in [5.74, 6) is -0.278. The molecule has 3 atom stereocenters. The maximum Gasteiger partial charge on any atom is 0.307 e. The third-order valence-corrected chi connectivity index (χ3v) is 6.26. The summed E-state index contributed by atoms with van der Waals surface area (Å²) in [6.07, 6.45) is 2.80. The molecule has 1 aliphatic carbocycles. The molecule has 1 aromatic rings. The minimum absolute atomic E-state index is 0.162. The lowest BCUT2D eigenvalue weighted by atomic mass is 9.69. The molecular weight excluding hydrogens is 348 g/mol. The van der Waals surface area contributed by atoms with Gasteiger partial charge in [-0.3, -0.25) is 4.79 Å². The van der Waals surface area contributed by atoms with Crippen molar-refractivity contribution >= 4 is 33.7 Å². The Morgan fingerprint density at radius 2 is 2.05 bits per heavy atom. The molecule has 0 saturated heterocycles. The lowest BCUT2D eigenvalue weighted by Gasteiger charge is -2.40. The van der Waals surface area contributed by atoms with Crippen LogP contribution >= 0.6 is 27.7 Å². The van der Waals surface area contributed by atoms with Crippen LogP contribution in [0.5, 0.6) is 0 Å². The summed E-state index contributed by atoms with van der Waals surface area (Å²) in [6, 6.07) is 8.14. The zero-order chi connectivity index (χ0) is 15.6. The van der Waals surface area contributed by atoms with E-state index in [4.69, 9.17) is 0 Å². The number of aliphatic carboxylic acids is 1. The van der Waals surface area contributed by atoms with E-state index in [9.17, 15) is 9.90 Å². The summed E-state index contributed by atoms with van der Waals surface area (Å²) in [7, 11) is 0. The summed E-state index contributed by atoms with van der Waals surface area (Å²) < 4.78 is 1.04. The maximum atomic E-state index is 11.6. The third-order valence-electron chi connectivity index (χ3n) is 4.42. The average molecular weight is 371 g/mol. The van der Waals surface area contributed by atoms with Gasteiger partial charge in [0.1, 0.15) is 0 Å². The van der Waals surface area contributed by atoms with Crippen LogP contribution in [0, 0.1) is 17.3 Å². The van der Waals surface area contributed by atoms with Crippen LogP contribution in [0.4, 0.5) is 0 Å². The van der Waals surface area contributed by atoms with Crippen molar-refractivity contribution in [2.75, 3.05) is 0 Å². The van der Waals surface area contributed by atoms with Gasteiger partial charge in [-0.2, -0.15) is 0 Å². The number of hydrogen-bond donors (Lipinski definition) is 1. The Balaban J connectivity index is 2.16. The van der Waals surface area contributed by atoms with Gasteiger partial charge in [0.05, 0.1) is 5.92 Å². The number of hydrogen-bond acceptors (Lipinski definition) is 2. The van der Waals surface area contributed by atoms with E-state index in [1.54, 1.807) is 11.8 Å². The molecule has 0 aromatic heterocycles. The number of benzene rings is 1. The number of carbonyl (C=O) groups is 1. The van der Waals surface area contributed by atoms with E-state index >= 15 is 0 Å². The van der Waals surface area contributed by atoms with Crippen LogP contribution in [0.1, 0.15) is 40.0 Å². The fraction of sp³-hybridized carbons (Fsp3) is 0.588. The van der Waals surface area contributed by atoms with Gasteiger partial charge < -0.3 is 5.11 Å². The summed E-state index contributed by atoms with van der Waals surface area (Å²) in [5.41, 5.74) is 0.250. The Morgan fingerprint density at radius 3 is 2.62 bits per heavy atom. The van der Waals surface area contributed by atoms with Crippen LogP contribution in [-0.4, -0.2) is 16.3 Å². The molecule has 21 heavy (non-hydrogen) atoms. The van der Waals surface area contributed by atoms with Crippen molar-refractivity contribution in [2.45, 2.75) is 50.2 Å². The van der Waals surface area contributed by atoms with E-state index in [1.807, 2.05) is 12.1 Å². The lowest BCUT2D eigenvalue weighted by molar-refractivity contribution is -0.143. The predicted molar refractivity (Wildman–Crippen MR) is 91.7 cm³/mol. The lowest BCUT2D eigenvalue weighted by Crippen LogP contribution is -2.37.